The molecule has 0 aliphatic carbocycles. The van der Waals surface area contributed by atoms with Crippen LogP contribution in [0.25, 0.3) is 0 Å². The molecule has 18 heavy (non-hydrogen) atoms. The zero-order valence-corrected chi connectivity index (χ0v) is 10.8. The van der Waals surface area contributed by atoms with Crippen molar-refractivity contribution in [1.82, 2.24) is 0 Å². The summed E-state index contributed by atoms with van der Waals surface area (Å²) >= 11 is 0. The van der Waals surface area contributed by atoms with E-state index in [1.807, 2.05) is 0 Å². The van der Waals surface area contributed by atoms with Crippen molar-refractivity contribution in [3.05, 3.63) is 35.1 Å². The Kier molecular flexibility index (Phi) is 4.00. The number of aliphatic hydroxyl groups excluding tert-OH is 1. The van der Waals surface area contributed by atoms with E-state index in [0.717, 1.165) is 11.1 Å². The molecule has 1 unspecified atom stereocenters. The zero-order chi connectivity index (χ0) is 13.2. The molecule has 1 aromatic carbocycles. The molecule has 1 saturated heterocycles. The van der Waals surface area contributed by atoms with Crippen molar-refractivity contribution in [2.75, 3.05) is 20.3 Å². The summed E-state index contributed by atoms with van der Waals surface area (Å²) in [5, 5.41) is 10.6. The molecule has 1 N–H and O–H groups in total. The Hall–Kier alpha value is -0.970. The summed E-state index contributed by atoms with van der Waals surface area (Å²) in [7, 11) is 1.60. The monoisotopic (exact) mass is 254 g/mol. The van der Waals surface area contributed by atoms with Crippen LogP contribution in [0.2, 0.25) is 0 Å². The first-order valence-electron chi connectivity index (χ1n) is 6.16. The molecular formula is C14H19FO3. The highest BCUT2D eigenvalue weighted by molar-refractivity contribution is 5.30. The van der Waals surface area contributed by atoms with E-state index in [1.165, 1.54) is 12.1 Å². The Labute approximate surface area is 107 Å². The van der Waals surface area contributed by atoms with Gasteiger partial charge in [-0.3, -0.25) is 0 Å². The lowest BCUT2D eigenvalue weighted by Crippen LogP contribution is -2.44. The highest BCUT2D eigenvalue weighted by Crippen LogP contribution is 2.38. The number of aliphatic hydroxyl groups is 1. The van der Waals surface area contributed by atoms with E-state index in [4.69, 9.17) is 9.47 Å². The molecule has 0 bridgehead atoms. The minimum absolute atomic E-state index is 0.290. The van der Waals surface area contributed by atoms with E-state index in [2.05, 4.69) is 0 Å². The van der Waals surface area contributed by atoms with Crippen LogP contribution in [0.1, 0.15) is 30.1 Å². The predicted octanol–water partition coefficient (Wildman–Crippen LogP) is 2.36. The highest BCUT2D eigenvalue weighted by Gasteiger charge is 2.41. The summed E-state index contributed by atoms with van der Waals surface area (Å²) in [6, 6.07) is 4.43. The first-order valence-corrected chi connectivity index (χ1v) is 6.16. The fraction of sp³-hybridized carbons (Fsp3) is 0.571. The highest BCUT2D eigenvalue weighted by atomic mass is 19.1. The molecule has 1 heterocycles. The standard InChI is InChI=1S/C14H19FO3/c1-10-9-11(15)3-4-12(10)13(16)14(17-2)5-7-18-8-6-14/h3-4,9,13,16H,5-8H2,1-2H3. The molecule has 1 aliphatic rings. The second-order valence-electron chi connectivity index (χ2n) is 4.78. The Morgan fingerprint density at radius 2 is 2.06 bits per heavy atom. The number of rotatable bonds is 3. The fourth-order valence-electron chi connectivity index (χ4n) is 2.54. The van der Waals surface area contributed by atoms with Crippen LogP contribution in [-0.4, -0.2) is 31.0 Å². The van der Waals surface area contributed by atoms with Gasteiger partial charge in [0.05, 0.1) is 0 Å². The van der Waals surface area contributed by atoms with Gasteiger partial charge in [-0.25, -0.2) is 4.39 Å². The third kappa shape index (κ3) is 2.41. The molecule has 1 aliphatic heterocycles. The second kappa shape index (κ2) is 5.34. The molecule has 3 nitrogen and oxygen atoms in total. The molecule has 1 aromatic rings. The number of hydrogen-bond acceptors (Lipinski definition) is 3. The number of hydrogen-bond donors (Lipinski definition) is 1. The Balaban J connectivity index is 2.30. The molecule has 0 saturated carbocycles. The molecule has 4 heteroatoms. The summed E-state index contributed by atoms with van der Waals surface area (Å²) in [6.45, 7) is 2.95. The van der Waals surface area contributed by atoms with Gasteiger partial charge in [0.25, 0.3) is 0 Å². The molecule has 1 atom stereocenters. The lowest BCUT2D eigenvalue weighted by molar-refractivity contribution is -0.154. The predicted molar refractivity (Wildman–Crippen MR) is 65.9 cm³/mol. The minimum atomic E-state index is -0.757. The van der Waals surface area contributed by atoms with Gasteiger partial charge in [0.2, 0.25) is 0 Å². The molecule has 2 rings (SSSR count). The van der Waals surface area contributed by atoms with Crippen molar-refractivity contribution >= 4 is 0 Å². The SMILES string of the molecule is COC1(C(O)c2ccc(F)cc2C)CCOCC1. The van der Waals surface area contributed by atoms with Gasteiger partial charge in [-0.2, -0.15) is 0 Å². The van der Waals surface area contributed by atoms with Gasteiger partial charge >= 0.3 is 0 Å². The van der Waals surface area contributed by atoms with Gasteiger partial charge in [0.15, 0.2) is 0 Å². The third-order valence-electron chi connectivity index (χ3n) is 3.77. The Bertz CT molecular complexity index is 414. The van der Waals surface area contributed by atoms with Crippen molar-refractivity contribution in [2.24, 2.45) is 0 Å². The number of benzene rings is 1. The van der Waals surface area contributed by atoms with Gasteiger partial charge in [0.1, 0.15) is 17.5 Å². The maximum Gasteiger partial charge on any atom is 0.123 e. The minimum Gasteiger partial charge on any atom is -0.385 e. The summed E-state index contributed by atoms with van der Waals surface area (Å²) in [5.74, 6) is -0.290. The molecule has 1 fully saturated rings. The van der Waals surface area contributed by atoms with Crippen molar-refractivity contribution in [2.45, 2.75) is 31.5 Å². The van der Waals surface area contributed by atoms with Gasteiger partial charge < -0.3 is 14.6 Å². The van der Waals surface area contributed by atoms with Crippen molar-refractivity contribution in [1.29, 1.82) is 0 Å². The average Bonchev–Trinajstić information content (AvgIpc) is 2.39. The van der Waals surface area contributed by atoms with Crippen LogP contribution in [0.15, 0.2) is 18.2 Å². The first-order chi connectivity index (χ1) is 8.59. The third-order valence-corrected chi connectivity index (χ3v) is 3.77. The summed E-state index contributed by atoms with van der Waals surface area (Å²) in [5.41, 5.74) is 0.839. The fourth-order valence-corrected chi connectivity index (χ4v) is 2.54. The summed E-state index contributed by atoms with van der Waals surface area (Å²) in [6.07, 6.45) is 0.523. The number of aryl methyl sites for hydroxylation is 1. The maximum absolute atomic E-state index is 13.1. The van der Waals surface area contributed by atoms with Gasteiger partial charge in [-0.1, -0.05) is 6.07 Å². The van der Waals surface area contributed by atoms with E-state index in [0.29, 0.717) is 26.1 Å². The van der Waals surface area contributed by atoms with Crippen LogP contribution in [0.3, 0.4) is 0 Å². The van der Waals surface area contributed by atoms with Gasteiger partial charge in [-0.15, -0.1) is 0 Å². The Morgan fingerprint density at radius 3 is 2.61 bits per heavy atom. The van der Waals surface area contributed by atoms with Crippen LogP contribution >= 0.6 is 0 Å². The number of methoxy groups -OCH3 is 1. The van der Waals surface area contributed by atoms with Crippen LogP contribution in [0, 0.1) is 12.7 Å². The molecule has 0 spiro atoms. The lowest BCUT2D eigenvalue weighted by atomic mass is 9.83. The largest absolute Gasteiger partial charge is 0.385 e. The van der Waals surface area contributed by atoms with Gasteiger partial charge in [-0.05, 0) is 30.2 Å². The zero-order valence-electron chi connectivity index (χ0n) is 10.8. The average molecular weight is 254 g/mol. The van der Waals surface area contributed by atoms with Crippen molar-refractivity contribution < 1.29 is 19.0 Å². The van der Waals surface area contributed by atoms with Crippen LogP contribution in [0.4, 0.5) is 4.39 Å². The Morgan fingerprint density at radius 1 is 1.39 bits per heavy atom. The van der Waals surface area contributed by atoms with Crippen LogP contribution in [0.5, 0.6) is 0 Å². The molecule has 0 aromatic heterocycles. The van der Waals surface area contributed by atoms with E-state index in [1.54, 1.807) is 20.1 Å². The van der Waals surface area contributed by atoms with E-state index >= 15 is 0 Å². The van der Waals surface area contributed by atoms with Crippen LogP contribution < -0.4 is 0 Å². The first kappa shape index (κ1) is 13.5. The van der Waals surface area contributed by atoms with E-state index in [9.17, 15) is 9.50 Å². The van der Waals surface area contributed by atoms with Gasteiger partial charge in [0, 0.05) is 33.2 Å². The van der Waals surface area contributed by atoms with Crippen molar-refractivity contribution in [3.63, 3.8) is 0 Å². The normalized spacial score (nSPS) is 20.7. The van der Waals surface area contributed by atoms with E-state index in [-0.39, 0.29) is 5.82 Å². The number of halogens is 1. The molecular weight excluding hydrogens is 235 g/mol. The van der Waals surface area contributed by atoms with E-state index < -0.39 is 11.7 Å². The lowest BCUT2D eigenvalue weighted by Gasteiger charge is -2.40. The second-order valence-corrected chi connectivity index (χ2v) is 4.78. The topological polar surface area (TPSA) is 38.7 Å². The summed E-state index contributed by atoms with van der Waals surface area (Å²) < 4.78 is 24.0. The smallest absolute Gasteiger partial charge is 0.123 e. The quantitative estimate of drug-likeness (QED) is 0.900. The number of ether oxygens (including phenoxy) is 2. The molecule has 0 radical (unpaired) electrons. The van der Waals surface area contributed by atoms with Crippen molar-refractivity contribution in [3.8, 4) is 0 Å². The van der Waals surface area contributed by atoms with Crippen LogP contribution in [-0.2, 0) is 9.47 Å². The molecule has 0 amide bonds. The maximum atomic E-state index is 13.1. The summed E-state index contributed by atoms with van der Waals surface area (Å²) in [4.78, 5) is 0. The molecule has 100 valence electrons.